The van der Waals surface area contributed by atoms with Gasteiger partial charge in [0, 0.05) is 12.6 Å². The number of aromatic amines is 1. The van der Waals surface area contributed by atoms with Crippen LogP contribution in [0.25, 0.3) is 10.6 Å². The molecule has 2 aromatic rings. The van der Waals surface area contributed by atoms with E-state index < -0.39 is 0 Å². The summed E-state index contributed by atoms with van der Waals surface area (Å²) in [6.45, 7) is 4.88. The molecule has 0 radical (unpaired) electrons. The van der Waals surface area contributed by atoms with Crippen molar-refractivity contribution in [1.29, 1.82) is 0 Å². The summed E-state index contributed by atoms with van der Waals surface area (Å²) in [5.41, 5.74) is 0.705. The molecule has 5 heteroatoms. The standard InChI is InChI=1S/C17H20N2O2S/c1-11(2)10-19(12-5-6-12)17(21)13-7-8-14(18-16(13)20)15-4-3-9-22-15/h3-4,7-9,11-12H,5-6,10H2,1-2H3,(H,18,20). The van der Waals surface area contributed by atoms with Crippen LogP contribution in [0.1, 0.15) is 37.0 Å². The van der Waals surface area contributed by atoms with Gasteiger partial charge in [0.1, 0.15) is 5.56 Å². The minimum atomic E-state index is -0.301. The van der Waals surface area contributed by atoms with Crippen molar-refractivity contribution in [2.75, 3.05) is 6.54 Å². The monoisotopic (exact) mass is 316 g/mol. The summed E-state index contributed by atoms with van der Waals surface area (Å²) in [6.07, 6.45) is 2.09. The zero-order chi connectivity index (χ0) is 15.7. The summed E-state index contributed by atoms with van der Waals surface area (Å²) in [6, 6.07) is 7.68. The number of rotatable bonds is 5. The van der Waals surface area contributed by atoms with Gasteiger partial charge in [-0.2, -0.15) is 0 Å². The zero-order valence-corrected chi connectivity index (χ0v) is 13.7. The Balaban J connectivity index is 1.87. The number of carbonyl (C=O) groups excluding carboxylic acids is 1. The van der Waals surface area contributed by atoms with E-state index in [1.165, 1.54) is 0 Å². The third-order valence-electron chi connectivity index (χ3n) is 3.74. The van der Waals surface area contributed by atoms with Crippen LogP contribution in [0.2, 0.25) is 0 Å². The lowest BCUT2D eigenvalue weighted by Gasteiger charge is -2.24. The SMILES string of the molecule is CC(C)CN(C(=O)c1ccc(-c2cccs2)[nH]c1=O)C1CC1. The zero-order valence-electron chi connectivity index (χ0n) is 12.8. The molecule has 3 rings (SSSR count). The Morgan fingerprint density at radius 1 is 1.36 bits per heavy atom. The molecule has 0 unspecified atom stereocenters. The molecule has 1 saturated carbocycles. The molecule has 1 aliphatic carbocycles. The van der Waals surface area contributed by atoms with Crippen LogP contribution in [0.15, 0.2) is 34.4 Å². The lowest BCUT2D eigenvalue weighted by Crippen LogP contribution is -2.38. The van der Waals surface area contributed by atoms with Crippen LogP contribution in [-0.2, 0) is 0 Å². The van der Waals surface area contributed by atoms with Gasteiger partial charge in [0.2, 0.25) is 0 Å². The fraction of sp³-hybridized carbons (Fsp3) is 0.412. The molecule has 0 atom stereocenters. The van der Waals surface area contributed by atoms with E-state index in [1.807, 2.05) is 28.5 Å². The van der Waals surface area contributed by atoms with Gasteiger partial charge >= 0.3 is 0 Å². The van der Waals surface area contributed by atoms with E-state index in [2.05, 4.69) is 18.8 Å². The third kappa shape index (κ3) is 3.14. The first-order valence-corrected chi connectivity index (χ1v) is 8.52. The van der Waals surface area contributed by atoms with Crippen molar-refractivity contribution in [2.45, 2.75) is 32.7 Å². The summed E-state index contributed by atoms with van der Waals surface area (Å²) in [5, 5.41) is 1.96. The number of H-pyrrole nitrogens is 1. The highest BCUT2D eigenvalue weighted by atomic mass is 32.1. The van der Waals surface area contributed by atoms with E-state index in [4.69, 9.17) is 0 Å². The molecule has 0 aliphatic heterocycles. The minimum Gasteiger partial charge on any atom is -0.335 e. The van der Waals surface area contributed by atoms with Gasteiger partial charge in [0.05, 0.1) is 10.6 Å². The van der Waals surface area contributed by atoms with E-state index in [0.29, 0.717) is 18.5 Å². The molecule has 1 fully saturated rings. The predicted molar refractivity (Wildman–Crippen MR) is 89.3 cm³/mol. The molecule has 2 heterocycles. The average Bonchev–Trinajstić information content (AvgIpc) is 3.17. The second kappa shape index (κ2) is 6.08. The molecule has 0 spiro atoms. The number of aromatic nitrogens is 1. The molecular weight excluding hydrogens is 296 g/mol. The molecular formula is C17H20N2O2S. The van der Waals surface area contributed by atoms with Gasteiger partial charge in [0.25, 0.3) is 11.5 Å². The number of thiophene rings is 1. The first-order valence-electron chi connectivity index (χ1n) is 7.64. The first-order chi connectivity index (χ1) is 10.6. The lowest BCUT2D eigenvalue weighted by atomic mass is 10.1. The van der Waals surface area contributed by atoms with E-state index in [-0.39, 0.29) is 17.0 Å². The van der Waals surface area contributed by atoms with Crippen LogP contribution in [-0.4, -0.2) is 28.4 Å². The van der Waals surface area contributed by atoms with Crippen LogP contribution in [0, 0.1) is 5.92 Å². The van der Waals surface area contributed by atoms with Crippen molar-refractivity contribution in [3.05, 3.63) is 45.6 Å². The highest BCUT2D eigenvalue weighted by Crippen LogP contribution is 2.29. The van der Waals surface area contributed by atoms with Gasteiger partial charge in [-0.25, -0.2) is 0 Å². The maximum atomic E-state index is 12.7. The molecule has 1 amide bonds. The fourth-order valence-electron chi connectivity index (χ4n) is 2.55. The Kier molecular flexibility index (Phi) is 4.16. The molecule has 22 heavy (non-hydrogen) atoms. The quantitative estimate of drug-likeness (QED) is 0.919. The van der Waals surface area contributed by atoms with Crippen LogP contribution >= 0.6 is 11.3 Å². The number of nitrogens with one attached hydrogen (secondary N) is 1. The maximum absolute atomic E-state index is 12.7. The van der Waals surface area contributed by atoms with Gasteiger partial charge in [-0.15, -0.1) is 11.3 Å². The Morgan fingerprint density at radius 2 is 2.14 bits per heavy atom. The largest absolute Gasteiger partial charge is 0.335 e. The number of amides is 1. The Hall–Kier alpha value is -1.88. The van der Waals surface area contributed by atoms with Gasteiger partial charge in [-0.3, -0.25) is 9.59 Å². The summed E-state index contributed by atoms with van der Waals surface area (Å²) in [7, 11) is 0. The smallest absolute Gasteiger partial charge is 0.261 e. The molecule has 116 valence electrons. The number of carbonyl (C=O) groups is 1. The second-order valence-electron chi connectivity index (χ2n) is 6.17. The van der Waals surface area contributed by atoms with Crippen molar-refractivity contribution >= 4 is 17.2 Å². The number of pyridine rings is 1. The molecule has 2 aromatic heterocycles. The van der Waals surface area contributed by atoms with Crippen molar-refractivity contribution in [3.8, 4) is 10.6 Å². The number of nitrogens with zero attached hydrogens (tertiary/aromatic N) is 1. The van der Waals surface area contributed by atoms with Crippen LogP contribution in [0.3, 0.4) is 0 Å². The highest BCUT2D eigenvalue weighted by molar-refractivity contribution is 7.13. The Labute approximate surface area is 133 Å². The van der Waals surface area contributed by atoms with E-state index in [0.717, 1.165) is 23.4 Å². The van der Waals surface area contributed by atoms with Crippen molar-refractivity contribution in [1.82, 2.24) is 9.88 Å². The summed E-state index contributed by atoms with van der Waals surface area (Å²) in [4.78, 5) is 30.7. The topological polar surface area (TPSA) is 53.2 Å². The molecule has 1 aliphatic rings. The van der Waals surface area contributed by atoms with E-state index in [9.17, 15) is 9.59 Å². The lowest BCUT2D eigenvalue weighted by molar-refractivity contribution is 0.0720. The maximum Gasteiger partial charge on any atom is 0.261 e. The number of hydrogen-bond donors (Lipinski definition) is 1. The average molecular weight is 316 g/mol. The van der Waals surface area contributed by atoms with Crippen LogP contribution in [0.4, 0.5) is 0 Å². The molecule has 0 bridgehead atoms. The van der Waals surface area contributed by atoms with Gasteiger partial charge in [-0.1, -0.05) is 19.9 Å². The van der Waals surface area contributed by atoms with Gasteiger partial charge < -0.3 is 9.88 Å². The van der Waals surface area contributed by atoms with Crippen LogP contribution in [0.5, 0.6) is 0 Å². The van der Waals surface area contributed by atoms with Crippen molar-refractivity contribution in [2.24, 2.45) is 5.92 Å². The first kappa shape index (κ1) is 15.0. The summed E-state index contributed by atoms with van der Waals surface area (Å²) in [5.74, 6) is 0.254. The second-order valence-corrected chi connectivity index (χ2v) is 7.12. The molecule has 0 aromatic carbocycles. The van der Waals surface area contributed by atoms with E-state index in [1.54, 1.807) is 17.4 Å². The number of hydrogen-bond acceptors (Lipinski definition) is 3. The molecule has 0 saturated heterocycles. The normalized spacial score (nSPS) is 14.3. The van der Waals surface area contributed by atoms with Crippen molar-refractivity contribution in [3.63, 3.8) is 0 Å². The Bertz CT molecular complexity index is 715. The van der Waals surface area contributed by atoms with E-state index >= 15 is 0 Å². The third-order valence-corrected chi connectivity index (χ3v) is 4.64. The van der Waals surface area contributed by atoms with Crippen LogP contribution < -0.4 is 5.56 Å². The van der Waals surface area contributed by atoms with Gasteiger partial charge in [0.15, 0.2) is 0 Å². The summed E-state index contributed by atoms with van der Waals surface area (Å²) < 4.78 is 0. The minimum absolute atomic E-state index is 0.143. The predicted octanol–water partition coefficient (Wildman–Crippen LogP) is 3.36. The molecule has 1 N–H and O–H groups in total. The Morgan fingerprint density at radius 3 is 2.68 bits per heavy atom. The molecule has 4 nitrogen and oxygen atoms in total. The van der Waals surface area contributed by atoms with Gasteiger partial charge in [-0.05, 0) is 42.3 Å². The summed E-state index contributed by atoms with van der Waals surface area (Å²) >= 11 is 1.56. The fourth-order valence-corrected chi connectivity index (χ4v) is 3.26. The van der Waals surface area contributed by atoms with Crippen molar-refractivity contribution < 1.29 is 4.79 Å². The highest BCUT2D eigenvalue weighted by Gasteiger charge is 2.34.